The van der Waals surface area contributed by atoms with Crippen LogP contribution in [0.15, 0.2) is 41.3 Å². The second-order valence-corrected chi connectivity index (χ2v) is 7.71. The van der Waals surface area contributed by atoms with Crippen LogP contribution in [-0.2, 0) is 28.4 Å². The van der Waals surface area contributed by atoms with Gasteiger partial charge in [0.25, 0.3) is 0 Å². The molecule has 1 aliphatic carbocycles. The molecule has 3 nitrogen and oxygen atoms in total. The zero-order valence-electron chi connectivity index (χ0n) is 12.1. The summed E-state index contributed by atoms with van der Waals surface area (Å²) >= 11 is 0. The summed E-state index contributed by atoms with van der Waals surface area (Å²) in [4.78, 5) is 0.239. The molecule has 110 valence electrons. The van der Waals surface area contributed by atoms with Gasteiger partial charge in [-0.3, -0.25) is 0 Å². The Morgan fingerprint density at radius 3 is 2.62 bits per heavy atom. The number of aryl methyl sites for hydroxylation is 3. The average molecular weight is 301 g/mol. The number of fused-ring (bicyclic) bond motifs is 1. The highest BCUT2D eigenvalue weighted by atomic mass is 32.2. The van der Waals surface area contributed by atoms with Crippen LogP contribution in [0.2, 0.25) is 0 Å². The smallest absolute Gasteiger partial charge is 0.184 e. The van der Waals surface area contributed by atoms with Crippen LogP contribution in [0.3, 0.4) is 0 Å². The molecule has 1 aliphatic rings. The molecule has 0 radical (unpaired) electrons. The monoisotopic (exact) mass is 301 g/mol. The quantitative estimate of drug-likeness (QED) is 0.886. The van der Waals surface area contributed by atoms with Gasteiger partial charge in [0.05, 0.1) is 16.3 Å². The van der Waals surface area contributed by atoms with E-state index in [1.807, 2.05) is 25.1 Å². The SMILES string of the molecule is Cc1ccc(N)c(S(=O)(=O)Cc2ccc3c(c2)CCC3)c1. The molecule has 2 N–H and O–H groups in total. The number of hydrogen-bond donors (Lipinski definition) is 1. The van der Waals surface area contributed by atoms with Crippen molar-refractivity contribution in [3.05, 3.63) is 58.7 Å². The lowest BCUT2D eigenvalue weighted by Crippen LogP contribution is -2.08. The van der Waals surface area contributed by atoms with Crippen LogP contribution in [0.25, 0.3) is 0 Å². The first kappa shape index (κ1) is 14.1. The molecule has 0 aromatic heterocycles. The molecule has 4 heteroatoms. The fourth-order valence-electron chi connectivity index (χ4n) is 2.92. The molecule has 0 saturated heterocycles. The van der Waals surface area contributed by atoms with E-state index < -0.39 is 9.84 Å². The first-order chi connectivity index (χ1) is 9.95. The maximum Gasteiger partial charge on any atom is 0.184 e. The fourth-order valence-corrected chi connectivity index (χ4v) is 4.49. The molecular weight excluding hydrogens is 282 g/mol. The lowest BCUT2D eigenvalue weighted by Gasteiger charge is -2.10. The molecule has 0 atom stereocenters. The number of sulfone groups is 1. The molecule has 0 heterocycles. The normalized spacial score (nSPS) is 14.1. The number of benzene rings is 2. The zero-order chi connectivity index (χ0) is 15.0. The Kier molecular flexibility index (Phi) is 3.49. The summed E-state index contributed by atoms with van der Waals surface area (Å²) in [6, 6.07) is 11.2. The number of nitrogen functional groups attached to an aromatic ring is 1. The average Bonchev–Trinajstić information content (AvgIpc) is 2.88. The van der Waals surface area contributed by atoms with Crippen molar-refractivity contribution in [1.29, 1.82) is 0 Å². The van der Waals surface area contributed by atoms with Crippen molar-refractivity contribution >= 4 is 15.5 Å². The number of hydrogen-bond acceptors (Lipinski definition) is 3. The van der Waals surface area contributed by atoms with E-state index in [2.05, 4.69) is 6.07 Å². The highest BCUT2D eigenvalue weighted by molar-refractivity contribution is 7.90. The second-order valence-electron chi connectivity index (χ2n) is 5.76. The van der Waals surface area contributed by atoms with Crippen LogP contribution < -0.4 is 5.73 Å². The van der Waals surface area contributed by atoms with Crippen LogP contribution >= 0.6 is 0 Å². The van der Waals surface area contributed by atoms with Gasteiger partial charge in [-0.05, 0) is 60.6 Å². The summed E-state index contributed by atoms with van der Waals surface area (Å²) < 4.78 is 25.2. The second kappa shape index (κ2) is 5.19. The third-order valence-corrected chi connectivity index (χ3v) is 5.76. The van der Waals surface area contributed by atoms with Crippen molar-refractivity contribution in [2.45, 2.75) is 36.8 Å². The third-order valence-electron chi connectivity index (χ3n) is 4.02. The minimum absolute atomic E-state index is 0.00787. The Balaban J connectivity index is 1.94. The molecule has 0 saturated carbocycles. The van der Waals surface area contributed by atoms with Crippen LogP contribution in [0.5, 0.6) is 0 Å². The molecular formula is C17H19NO2S. The minimum atomic E-state index is -3.41. The van der Waals surface area contributed by atoms with Gasteiger partial charge < -0.3 is 5.73 Å². The highest BCUT2D eigenvalue weighted by Crippen LogP contribution is 2.27. The van der Waals surface area contributed by atoms with Crippen LogP contribution in [-0.4, -0.2) is 8.42 Å². The van der Waals surface area contributed by atoms with Gasteiger partial charge in [-0.2, -0.15) is 0 Å². The molecule has 0 spiro atoms. The van der Waals surface area contributed by atoms with Gasteiger partial charge >= 0.3 is 0 Å². The van der Waals surface area contributed by atoms with Crippen LogP contribution in [0, 0.1) is 6.92 Å². The molecule has 3 rings (SSSR count). The molecule has 0 unspecified atom stereocenters. The van der Waals surface area contributed by atoms with Crippen molar-refractivity contribution in [2.75, 3.05) is 5.73 Å². The van der Waals surface area contributed by atoms with Gasteiger partial charge in [-0.1, -0.05) is 24.3 Å². The van der Waals surface area contributed by atoms with Gasteiger partial charge in [-0.15, -0.1) is 0 Å². The van der Waals surface area contributed by atoms with E-state index in [0.29, 0.717) is 5.69 Å². The molecule has 21 heavy (non-hydrogen) atoms. The first-order valence-corrected chi connectivity index (χ1v) is 8.80. The van der Waals surface area contributed by atoms with E-state index in [1.165, 1.54) is 11.1 Å². The molecule has 2 aromatic rings. The van der Waals surface area contributed by atoms with E-state index in [9.17, 15) is 8.42 Å². The predicted molar refractivity (Wildman–Crippen MR) is 84.9 cm³/mol. The Labute approximate surface area is 125 Å². The summed E-state index contributed by atoms with van der Waals surface area (Å²) in [6.07, 6.45) is 3.32. The Morgan fingerprint density at radius 2 is 1.81 bits per heavy atom. The van der Waals surface area contributed by atoms with Gasteiger partial charge in [0, 0.05) is 0 Å². The molecule has 0 aliphatic heterocycles. The first-order valence-electron chi connectivity index (χ1n) is 7.15. The van der Waals surface area contributed by atoms with E-state index in [1.54, 1.807) is 12.1 Å². The third kappa shape index (κ3) is 2.81. The van der Waals surface area contributed by atoms with Gasteiger partial charge in [-0.25, -0.2) is 8.42 Å². The summed E-state index contributed by atoms with van der Waals surface area (Å²) in [5.41, 5.74) is 10.5. The summed E-state index contributed by atoms with van der Waals surface area (Å²) in [5, 5.41) is 0. The summed E-state index contributed by atoms with van der Waals surface area (Å²) in [6.45, 7) is 1.87. The molecule has 0 amide bonds. The predicted octanol–water partition coefficient (Wildman–Crippen LogP) is 3.04. The van der Waals surface area contributed by atoms with E-state index >= 15 is 0 Å². The lowest BCUT2D eigenvalue weighted by molar-refractivity contribution is 0.595. The molecule has 0 fully saturated rings. The molecule has 0 bridgehead atoms. The van der Waals surface area contributed by atoms with E-state index in [4.69, 9.17) is 5.73 Å². The van der Waals surface area contributed by atoms with Crippen LogP contribution in [0.1, 0.15) is 28.7 Å². The Morgan fingerprint density at radius 1 is 1.05 bits per heavy atom. The zero-order valence-corrected chi connectivity index (χ0v) is 12.9. The standard InChI is InChI=1S/C17H19NO2S/c1-12-5-8-16(18)17(9-12)21(19,20)11-13-6-7-14-3-2-4-15(14)10-13/h5-10H,2-4,11,18H2,1H3. The minimum Gasteiger partial charge on any atom is -0.398 e. The van der Waals surface area contributed by atoms with Crippen molar-refractivity contribution in [3.63, 3.8) is 0 Å². The number of nitrogens with two attached hydrogens (primary N) is 1. The van der Waals surface area contributed by atoms with Crippen LogP contribution in [0.4, 0.5) is 5.69 Å². The highest BCUT2D eigenvalue weighted by Gasteiger charge is 2.20. The van der Waals surface area contributed by atoms with E-state index in [-0.39, 0.29) is 10.6 Å². The van der Waals surface area contributed by atoms with Gasteiger partial charge in [0.1, 0.15) is 0 Å². The van der Waals surface area contributed by atoms with E-state index in [0.717, 1.165) is 30.4 Å². The summed E-state index contributed by atoms with van der Waals surface area (Å²) in [7, 11) is -3.41. The lowest BCUT2D eigenvalue weighted by atomic mass is 10.1. The van der Waals surface area contributed by atoms with Crippen molar-refractivity contribution in [1.82, 2.24) is 0 Å². The van der Waals surface area contributed by atoms with Gasteiger partial charge in [0.15, 0.2) is 9.84 Å². The van der Waals surface area contributed by atoms with Crippen molar-refractivity contribution in [3.8, 4) is 0 Å². The Bertz CT molecular complexity index is 794. The Hall–Kier alpha value is -1.81. The van der Waals surface area contributed by atoms with Gasteiger partial charge in [0.2, 0.25) is 0 Å². The van der Waals surface area contributed by atoms with Crippen molar-refractivity contribution < 1.29 is 8.42 Å². The fraction of sp³-hybridized carbons (Fsp3) is 0.294. The molecule has 2 aromatic carbocycles. The number of anilines is 1. The van der Waals surface area contributed by atoms with Crippen molar-refractivity contribution in [2.24, 2.45) is 0 Å². The maximum atomic E-state index is 12.6. The largest absolute Gasteiger partial charge is 0.398 e. The number of rotatable bonds is 3. The summed E-state index contributed by atoms with van der Waals surface area (Å²) in [5.74, 6) is 0.00787. The topological polar surface area (TPSA) is 60.2 Å². The maximum absolute atomic E-state index is 12.6.